The molecule has 0 atom stereocenters. The van der Waals surface area contributed by atoms with E-state index in [-0.39, 0.29) is 6.42 Å². The van der Waals surface area contributed by atoms with Gasteiger partial charge in [-0.05, 0) is 25.1 Å². The first-order chi connectivity index (χ1) is 9.27. The van der Waals surface area contributed by atoms with Gasteiger partial charge in [-0.25, -0.2) is 9.37 Å². The number of carbonyl (C=O) groups is 1. The first-order valence-corrected chi connectivity index (χ1v) is 6.46. The third kappa shape index (κ3) is 3.22. The van der Waals surface area contributed by atoms with Crippen LogP contribution in [-0.2, 0) is 12.6 Å². The lowest BCUT2D eigenvalue weighted by atomic mass is 10.0. The molecule has 0 N–H and O–H groups in total. The van der Waals surface area contributed by atoms with Crippen LogP contribution < -0.4 is 0 Å². The van der Waals surface area contributed by atoms with E-state index in [9.17, 15) is 22.4 Å². The average Bonchev–Trinajstić information content (AvgIpc) is 2.73. The summed E-state index contributed by atoms with van der Waals surface area (Å²) in [6.45, 7) is 1.74. The third-order valence-corrected chi connectivity index (χ3v) is 3.42. The van der Waals surface area contributed by atoms with Crippen molar-refractivity contribution in [3.05, 3.63) is 51.2 Å². The van der Waals surface area contributed by atoms with Crippen LogP contribution in [0.5, 0.6) is 0 Å². The van der Waals surface area contributed by atoms with Crippen molar-refractivity contribution in [3.63, 3.8) is 0 Å². The van der Waals surface area contributed by atoms with Crippen molar-refractivity contribution in [2.75, 3.05) is 0 Å². The maximum absolute atomic E-state index is 13.5. The quantitative estimate of drug-likeness (QED) is 0.633. The van der Waals surface area contributed by atoms with Crippen LogP contribution in [0.25, 0.3) is 0 Å². The molecule has 2 aromatic rings. The van der Waals surface area contributed by atoms with Gasteiger partial charge in [-0.3, -0.25) is 4.79 Å². The maximum Gasteiger partial charge on any atom is 0.416 e. The summed E-state index contributed by atoms with van der Waals surface area (Å²) in [5.74, 6) is -1.69. The molecule has 0 aliphatic heterocycles. The van der Waals surface area contributed by atoms with Crippen LogP contribution >= 0.6 is 11.3 Å². The van der Waals surface area contributed by atoms with E-state index in [1.807, 2.05) is 0 Å². The molecule has 2 rings (SSSR count). The van der Waals surface area contributed by atoms with Crippen molar-refractivity contribution in [3.8, 4) is 0 Å². The average molecular weight is 303 g/mol. The highest BCUT2D eigenvalue weighted by atomic mass is 32.1. The molecule has 0 saturated heterocycles. The van der Waals surface area contributed by atoms with Gasteiger partial charge >= 0.3 is 6.18 Å². The standard InChI is InChI=1S/C13H9F4NOS/c1-7-18-9(6-20-7)5-12(19)10-4-8(13(15,16)17)2-3-11(10)14/h2-4,6H,5H2,1H3. The Balaban J connectivity index is 2.29. The highest BCUT2D eigenvalue weighted by Crippen LogP contribution is 2.30. The summed E-state index contributed by atoms with van der Waals surface area (Å²) in [4.78, 5) is 15.9. The molecule has 0 spiro atoms. The number of rotatable bonds is 3. The second-order valence-corrected chi connectivity index (χ2v) is 5.21. The number of Topliss-reactive ketones (excluding diaryl/α,β-unsaturated/α-hetero) is 1. The lowest BCUT2D eigenvalue weighted by Gasteiger charge is -2.08. The highest BCUT2D eigenvalue weighted by molar-refractivity contribution is 7.09. The second-order valence-electron chi connectivity index (χ2n) is 4.15. The van der Waals surface area contributed by atoms with Crippen molar-refractivity contribution in [1.29, 1.82) is 0 Å². The summed E-state index contributed by atoms with van der Waals surface area (Å²) >= 11 is 1.32. The van der Waals surface area contributed by atoms with Crippen LogP contribution in [0.4, 0.5) is 17.6 Å². The summed E-state index contributed by atoms with van der Waals surface area (Å²) in [5, 5.41) is 2.36. The van der Waals surface area contributed by atoms with E-state index >= 15 is 0 Å². The van der Waals surface area contributed by atoms with Crippen LogP contribution in [0.15, 0.2) is 23.6 Å². The Hall–Kier alpha value is -1.76. The van der Waals surface area contributed by atoms with Crippen LogP contribution in [0.2, 0.25) is 0 Å². The number of carbonyl (C=O) groups excluding carboxylic acids is 1. The Morgan fingerprint density at radius 2 is 2.05 bits per heavy atom. The van der Waals surface area contributed by atoms with Crippen LogP contribution in [-0.4, -0.2) is 10.8 Å². The minimum atomic E-state index is -4.61. The molecule has 0 bridgehead atoms. The zero-order valence-electron chi connectivity index (χ0n) is 10.3. The van der Waals surface area contributed by atoms with E-state index < -0.39 is 28.9 Å². The van der Waals surface area contributed by atoms with E-state index in [1.165, 1.54) is 11.3 Å². The Morgan fingerprint density at radius 1 is 1.35 bits per heavy atom. The Labute approximate surface area is 116 Å². The molecule has 0 fully saturated rings. The zero-order chi connectivity index (χ0) is 14.9. The molecule has 0 aliphatic carbocycles. The van der Waals surface area contributed by atoms with E-state index in [1.54, 1.807) is 12.3 Å². The third-order valence-electron chi connectivity index (χ3n) is 2.60. The van der Waals surface area contributed by atoms with Crippen molar-refractivity contribution < 1.29 is 22.4 Å². The molecule has 7 heteroatoms. The van der Waals surface area contributed by atoms with Gasteiger partial charge in [0.2, 0.25) is 0 Å². The van der Waals surface area contributed by atoms with Crippen LogP contribution in [0.3, 0.4) is 0 Å². The number of hydrogen-bond donors (Lipinski definition) is 0. The summed E-state index contributed by atoms with van der Waals surface area (Å²) in [6.07, 6.45) is -4.83. The van der Waals surface area contributed by atoms with Gasteiger partial charge in [0.25, 0.3) is 0 Å². The smallest absolute Gasteiger partial charge is 0.294 e. The normalized spacial score (nSPS) is 11.7. The van der Waals surface area contributed by atoms with Crippen molar-refractivity contribution in [2.45, 2.75) is 19.5 Å². The molecule has 0 amide bonds. The van der Waals surface area contributed by atoms with E-state index in [2.05, 4.69) is 4.98 Å². The second kappa shape index (κ2) is 5.32. The van der Waals surface area contributed by atoms with Crippen molar-refractivity contribution in [2.24, 2.45) is 0 Å². The van der Waals surface area contributed by atoms with Gasteiger partial charge in [0.1, 0.15) is 5.82 Å². The molecule has 1 aromatic carbocycles. The first-order valence-electron chi connectivity index (χ1n) is 5.58. The zero-order valence-corrected chi connectivity index (χ0v) is 11.1. The largest absolute Gasteiger partial charge is 0.416 e. The van der Waals surface area contributed by atoms with Gasteiger partial charge in [-0.15, -0.1) is 11.3 Å². The maximum atomic E-state index is 13.5. The van der Waals surface area contributed by atoms with Gasteiger partial charge in [-0.2, -0.15) is 13.2 Å². The summed E-state index contributed by atoms with van der Waals surface area (Å²) in [7, 11) is 0. The molecule has 20 heavy (non-hydrogen) atoms. The fourth-order valence-corrected chi connectivity index (χ4v) is 2.28. The number of alkyl halides is 3. The van der Waals surface area contributed by atoms with Crippen LogP contribution in [0.1, 0.15) is 26.6 Å². The summed E-state index contributed by atoms with van der Waals surface area (Å²) in [5.41, 5.74) is -1.18. The molecule has 0 aliphatic rings. The topological polar surface area (TPSA) is 30.0 Å². The molecular formula is C13H9F4NOS. The number of benzene rings is 1. The van der Waals surface area contributed by atoms with Crippen LogP contribution in [0, 0.1) is 12.7 Å². The Bertz CT molecular complexity index is 648. The Morgan fingerprint density at radius 3 is 2.60 bits per heavy atom. The molecule has 0 unspecified atom stereocenters. The Kier molecular flexibility index (Phi) is 3.89. The van der Waals surface area contributed by atoms with Crippen molar-refractivity contribution in [1.82, 2.24) is 4.98 Å². The molecule has 106 valence electrons. The van der Waals surface area contributed by atoms with Gasteiger partial charge in [0, 0.05) is 5.38 Å². The summed E-state index contributed by atoms with van der Waals surface area (Å²) in [6, 6.07) is 1.80. The number of hydrogen-bond acceptors (Lipinski definition) is 3. The molecule has 2 nitrogen and oxygen atoms in total. The number of nitrogens with zero attached hydrogens (tertiary/aromatic N) is 1. The molecule has 0 radical (unpaired) electrons. The molecule has 1 heterocycles. The minimum absolute atomic E-state index is 0.220. The number of halogens is 4. The van der Waals surface area contributed by atoms with E-state index in [4.69, 9.17) is 0 Å². The molecular weight excluding hydrogens is 294 g/mol. The predicted molar refractivity (Wildman–Crippen MR) is 66.3 cm³/mol. The van der Waals surface area contributed by atoms with Gasteiger partial charge < -0.3 is 0 Å². The summed E-state index contributed by atoms with van der Waals surface area (Å²) < 4.78 is 51.2. The fourth-order valence-electron chi connectivity index (χ4n) is 1.66. The van der Waals surface area contributed by atoms with Gasteiger partial charge in [-0.1, -0.05) is 0 Å². The van der Waals surface area contributed by atoms with Gasteiger partial charge in [0.05, 0.1) is 28.2 Å². The monoisotopic (exact) mass is 303 g/mol. The van der Waals surface area contributed by atoms with Crippen molar-refractivity contribution >= 4 is 17.1 Å². The van der Waals surface area contributed by atoms with Gasteiger partial charge in [0.15, 0.2) is 5.78 Å². The molecule has 0 saturated carbocycles. The molecule has 1 aromatic heterocycles. The SMILES string of the molecule is Cc1nc(CC(=O)c2cc(C(F)(F)F)ccc2F)cs1. The van der Waals surface area contributed by atoms with E-state index in [0.717, 1.165) is 5.01 Å². The predicted octanol–water partition coefficient (Wildman–Crippen LogP) is 4.03. The lowest BCUT2D eigenvalue weighted by molar-refractivity contribution is -0.137. The lowest BCUT2D eigenvalue weighted by Crippen LogP contribution is -2.11. The number of ketones is 1. The number of thiazole rings is 1. The number of aromatic nitrogens is 1. The minimum Gasteiger partial charge on any atom is -0.294 e. The number of aryl methyl sites for hydroxylation is 1. The highest BCUT2D eigenvalue weighted by Gasteiger charge is 2.31. The first kappa shape index (κ1) is 14.6. The fraction of sp³-hybridized carbons (Fsp3) is 0.231. The van der Waals surface area contributed by atoms with E-state index in [0.29, 0.717) is 23.9 Å².